The lowest BCUT2D eigenvalue weighted by atomic mass is 9.56. The molecule has 0 aromatic carbocycles. The van der Waals surface area contributed by atoms with E-state index in [9.17, 15) is 5.11 Å². The van der Waals surface area contributed by atoms with E-state index >= 15 is 0 Å². The van der Waals surface area contributed by atoms with E-state index in [-0.39, 0.29) is 6.10 Å². The van der Waals surface area contributed by atoms with Crippen LogP contribution in [0.2, 0.25) is 0 Å². The van der Waals surface area contributed by atoms with E-state index < -0.39 is 0 Å². The highest BCUT2D eigenvalue weighted by Gasteiger charge is 2.42. The van der Waals surface area contributed by atoms with Crippen LogP contribution in [-0.2, 0) is 0 Å². The molecule has 0 aromatic rings. The van der Waals surface area contributed by atoms with Gasteiger partial charge in [0.2, 0.25) is 0 Å². The van der Waals surface area contributed by atoms with Crippen LogP contribution in [0, 0.1) is 40.4 Å². The van der Waals surface area contributed by atoms with E-state index in [1.54, 1.807) is 0 Å². The van der Waals surface area contributed by atoms with Gasteiger partial charge in [-0.3, -0.25) is 0 Å². The van der Waals surface area contributed by atoms with Gasteiger partial charge in [-0.2, -0.15) is 0 Å². The highest BCUT2D eigenvalue weighted by atomic mass is 16.3. The number of rotatable bonds is 7. The molecule has 1 nitrogen and oxygen atoms in total. The first-order valence-corrected chi connectivity index (χ1v) is 11.2. The first-order valence-electron chi connectivity index (χ1n) is 11.2. The predicted molar refractivity (Wildman–Crippen MR) is 110 cm³/mol. The molecule has 0 saturated heterocycles. The maximum atomic E-state index is 10.2. The van der Waals surface area contributed by atoms with Crippen LogP contribution in [-0.4, -0.2) is 11.2 Å². The van der Waals surface area contributed by atoms with Crippen molar-refractivity contribution in [2.75, 3.05) is 0 Å². The monoisotopic (exact) mass is 350 g/mol. The number of hydrogen-bond donors (Lipinski definition) is 1. The largest absolute Gasteiger partial charge is 0.393 e. The van der Waals surface area contributed by atoms with Gasteiger partial charge in [0.05, 0.1) is 6.10 Å². The fraction of sp³-hybridized carbons (Fsp3) is 1.00. The summed E-state index contributed by atoms with van der Waals surface area (Å²) in [6, 6.07) is 0. The van der Waals surface area contributed by atoms with Gasteiger partial charge in [0.25, 0.3) is 0 Å². The van der Waals surface area contributed by atoms with Crippen molar-refractivity contribution in [2.45, 2.75) is 112 Å². The third kappa shape index (κ3) is 6.56. The standard InChI is InChI=1S/C24H46O/c1-17(25)20(13-10-18-8-9-18)14-11-19-12-15-21(23(2,3)4)22(16-19)24(5,6)7/h17-22,25H,8-16H2,1-7H3. The molecular formula is C24H46O. The molecule has 1 heteroatoms. The molecule has 2 rings (SSSR count). The van der Waals surface area contributed by atoms with Crippen LogP contribution in [0.3, 0.4) is 0 Å². The Morgan fingerprint density at radius 2 is 1.24 bits per heavy atom. The summed E-state index contributed by atoms with van der Waals surface area (Å²) in [5.74, 6) is 4.10. The second-order valence-electron chi connectivity index (χ2n) is 11.7. The summed E-state index contributed by atoms with van der Waals surface area (Å²) >= 11 is 0. The van der Waals surface area contributed by atoms with Gasteiger partial charge < -0.3 is 5.11 Å². The van der Waals surface area contributed by atoms with Crippen LogP contribution < -0.4 is 0 Å². The normalized spacial score (nSPS) is 31.0. The van der Waals surface area contributed by atoms with E-state index in [0.717, 1.165) is 23.7 Å². The lowest BCUT2D eigenvalue weighted by molar-refractivity contribution is 0.00672. The highest BCUT2D eigenvalue weighted by molar-refractivity contribution is 4.92. The van der Waals surface area contributed by atoms with Crippen LogP contribution >= 0.6 is 0 Å². The molecule has 2 aliphatic rings. The molecule has 2 fully saturated rings. The Morgan fingerprint density at radius 3 is 1.68 bits per heavy atom. The summed E-state index contributed by atoms with van der Waals surface area (Å²) in [5, 5.41) is 10.2. The predicted octanol–water partition coefficient (Wildman–Crippen LogP) is 7.08. The van der Waals surface area contributed by atoms with Crippen LogP contribution in [0.25, 0.3) is 0 Å². The lowest BCUT2D eigenvalue weighted by Gasteiger charge is -2.49. The van der Waals surface area contributed by atoms with Gasteiger partial charge in [0, 0.05) is 0 Å². The molecule has 0 aromatic heterocycles. The summed E-state index contributed by atoms with van der Waals surface area (Å²) in [4.78, 5) is 0. The molecule has 5 atom stereocenters. The van der Waals surface area contributed by atoms with E-state index in [4.69, 9.17) is 0 Å². The van der Waals surface area contributed by atoms with Crippen molar-refractivity contribution in [2.24, 2.45) is 40.4 Å². The first-order chi connectivity index (χ1) is 11.5. The summed E-state index contributed by atoms with van der Waals surface area (Å²) in [7, 11) is 0. The van der Waals surface area contributed by atoms with Crippen molar-refractivity contribution in [3.8, 4) is 0 Å². The smallest absolute Gasteiger partial charge is 0.0540 e. The van der Waals surface area contributed by atoms with E-state index in [2.05, 4.69) is 41.5 Å². The molecule has 5 unspecified atom stereocenters. The zero-order chi connectivity index (χ0) is 18.8. The summed E-state index contributed by atoms with van der Waals surface area (Å²) in [6.45, 7) is 16.7. The van der Waals surface area contributed by atoms with Crippen LogP contribution in [0.5, 0.6) is 0 Å². The molecule has 148 valence electrons. The summed E-state index contributed by atoms with van der Waals surface area (Å²) in [5.41, 5.74) is 0.835. The zero-order valence-corrected chi connectivity index (χ0v) is 18.3. The van der Waals surface area contributed by atoms with Crippen LogP contribution in [0.15, 0.2) is 0 Å². The maximum absolute atomic E-state index is 10.2. The number of aliphatic hydroxyl groups excluding tert-OH is 1. The fourth-order valence-corrected chi connectivity index (χ4v) is 5.45. The third-order valence-corrected chi connectivity index (χ3v) is 7.45. The van der Waals surface area contributed by atoms with Gasteiger partial charge in [-0.1, -0.05) is 73.6 Å². The average Bonchev–Trinajstić information content (AvgIpc) is 3.28. The quantitative estimate of drug-likeness (QED) is 0.520. The minimum absolute atomic E-state index is 0.122. The molecule has 0 aliphatic heterocycles. The highest BCUT2D eigenvalue weighted by Crippen LogP contribution is 2.51. The summed E-state index contributed by atoms with van der Waals surface area (Å²) in [6.07, 6.45) is 12.2. The molecule has 0 heterocycles. The van der Waals surface area contributed by atoms with Crippen LogP contribution in [0.1, 0.15) is 106 Å². The van der Waals surface area contributed by atoms with Crippen molar-refractivity contribution < 1.29 is 5.11 Å². The first kappa shape index (κ1) is 21.3. The number of aliphatic hydroxyl groups is 1. The summed E-state index contributed by atoms with van der Waals surface area (Å²) < 4.78 is 0. The molecule has 2 aliphatic carbocycles. The molecule has 0 radical (unpaired) electrons. The van der Waals surface area contributed by atoms with Crippen molar-refractivity contribution in [1.29, 1.82) is 0 Å². The van der Waals surface area contributed by atoms with Crippen LogP contribution in [0.4, 0.5) is 0 Å². The van der Waals surface area contributed by atoms with Gasteiger partial charge in [-0.25, -0.2) is 0 Å². The van der Waals surface area contributed by atoms with Crippen molar-refractivity contribution in [3.63, 3.8) is 0 Å². The molecule has 0 bridgehead atoms. The Balaban J connectivity index is 1.89. The Bertz CT molecular complexity index is 393. The molecule has 25 heavy (non-hydrogen) atoms. The minimum atomic E-state index is -0.122. The molecule has 0 spiro atoms. The average molecular weight is 351 g/mol. The van der Waals surface area contributed by atoms with Crippen molar-refractivity contribution in [1.82, 2.24) is 0 Å². The second-order valence-corrected chi connectivity index (χ2v) is 11.7. The molecule has 0 amide bonds. The van der Waals surface area contributed by atoms with Gasteiger partial charge in [-0.15, -0.1) is 0 Å². The Morgan fingerprint density at radius 1 is 0.760 bits per heavy atom. The lowest BCUT2D eigenvalue weighted by Crippen LogP contribution is -2.40. The zero-order valence-electron chi connectivity index (χ0n) is 18.3. The minimum Gasteiger partial charge on any atom is -0.393 e. The molecule has 2 saturated carbocycles. The topological polar surface area (TPSA) is 20.2 Å². The van der Waals surface area contributed by atoms with Crippen molar-refractivity contribution >= 4 is 0 Å². The van der Waals surface area contributed by atoms with Gasteiger partial charge in [0.1, 0.15) is 0 Å². The molecular weight excluding hydrogens is 304 g/mol. The maximum Gasteiger partial charge on any atom is 0.0540 e. The number of hydrogen-bond acceptors (Lipinski definition) is 1. The van der Waals surface area contributed by atoms with E-state index in [1.165, 1.54) is 57.8 Å². The molecule has 1 N–H and O–H groups in total. The second kappa shape index (κ2) is 8.32. The fourth-order valence-electron chi connectivity index (χ4n) is 5.45. The van der Waals surface area contributed by atoms with Crippen molar-refractivity contribution in [3.05, 3.63) is 0 Å². The van der Waals surface area contributed by atoms with Gasteiger partial charge in [-0.05, 0) is 73.0 Å². The Kier molecular flexibility index (Phi) is 7.08. The van der Waals surface area contributed by atoms with E-state index in [0.29, 0.717) is 16.7 Å². The SMILES string of the molecule is CC(O)C(CCC1CC1)CCC1CCC(C(C)(C)C)C(C(C)(C)C)C1. The Hall–Kier alpha value is -0.0400. The van der Waals surface area contributed by atoms with Gasteiger partial charge >= 0.3 is 0 Å². The van der Waals surface area contributed by atoms with E-state index in [1.807, 2.05) is 6.92 Å². The Labute approximate surface area is 158 Å². The van der Waals surface area contributed by atoms with Gasteiger partial charge in [0.15, 0.2) is 0 Å². The third-order valence-electron chi connectivity index (χ3n) is 7.45.